The molecule has 0 unspecified atom stereocenters. The van der Waals surface area contributed by atoms with Crippen LogP contribution in [0.15, 0.2) is 34.3 Å². The van der Waals surface area contributed by atoms with E-state index in [1.165, 1.54) is 23.9 Å². The Kier molecular flexibility index (Phi) is 4.96. The molecule has 1 aromatic carbocycles. The molecule has 1 heterocycles. The third kappa shape index (κ3) is 3.80. The fourth-order valence-electron chi connectivity index (χ4n) is 1.73. The molecule has 0 fully saturated rings. The molecule has 21 heavy (non-hydrogen) atoms. The third-order valence-electron chi connectivity index (χ3n) is 2.87. The molecule has 0 radical (unpaired) electrons. The van der Waals surface area contributed by atoms with Crippen LogP contribution in [0.3, 0.4) is 0 Å². The zero-order valence-electron chi connectivity index (χ0n) is 11.6. The lowest BCUT2D eigenvalue weighted by molar-refractivity contribution is 0.578. The smallest absolute Gasteiger partial charge is 0.240 e. The molecule has 0 atom stereocenters. The number of benzene rings is 1. The number of hydrogen-bond acceptors (Lipinski definition) is 5. The molecular formula is C12H15FN4O2S2. The molecule has 0 aliphatic heterocycles. The van der Waals surface area contributed by atoms with Crippen molar-refractivity contribution in [3.8, 4) is 0 Å². The van der Waals surface area contributed by atoms with E-state index in [9.17, 15) is 12.8 Å². The Bertz CT molecular complexity index is 713. The largest absolute Gasteiger partial charge is 0.309 e. The number of halogens is 1. The van der Waals surface area contributed by atoms with Gasteiger partial charge in [0.25, 0.3) is 0 Å². The van der Waals surface area contributed by atoms with Gasteiger partial charge in [0.2, 0.25) is 10.0 Å². The highest BCUT2D eigenvalue weighted by Gasteiger charge is 2.14. The quantitative estimate of drug-likeness (QED) is 0.805. The maximum absolute atomic E-state index is 12.8. The van der Waals surface area contributed by atoms with Crippen LogP contribution in [0, 0.1) is 5.82 Å². The summed E-state index contributed by atoms with van der Waals surface area (Å²) in [7, 11) is -1.81. The van der Waals surface area contributed by atoms with Gasteiger partial charge in [0.15, 0.2) is 5.16 Å². The standard InChI is InChI=1S/C12H15FN4O2S2/c1-17-11(15-16-12(17)20-2)7-8-14-21(18,19)10-5-3-9(13)4-6-10/h3-6,14H,7-8H2,1-2H3. The Labute approximate surface area is 126 Å². The summed E-state index contributed by atoms with van der Waals surface area (Å²) in [5.41, 5.74) is 0. The fraction of sp³-hybridized carbons (Fsp3) is 0.333. The van der Waals surface area contributed by atoms with Crippen LogP contribution in [-0.2, 0) is 23.5 Å². The van der Waals surface area contributed by atoms with Gasteiger partial charge in [-0.25, -0.2) is 17.5 Å². The normalized spacial score (nSPS) is 11.8. The molecule has 0 spiro atoms. The van der Waals surface area contributed by atoms with Crippen LogP contribution >= 0.6 is 11.8 Å². The highest BCUT2D eigenvalue weighted by molar-refractivity contribution is 7.98. The topological polar surface area (TPSA) is 76.9 Å². The van der Waals surface area contributed by atoms with E-state index in [1.54, 1.807) is 0 Å². The Morgan fingerprint density at radius 1 is 1.29 bits per heavy atom. The van der Waals surface area contributed by atoms with E-state index in [0.29, 0.717) is 12.2 Å². The van der Waals surface area contributed by atoms with E-state index < -0.39 is 15.8 Å². The highest BCUT2D eigenvalue weighted by Crippen LogP contribution is 2.12. The summed E-state index contributed by atoms with van der Waals surface area (Å²) in [6, 6.07) is 4.68. The van der Waals surface area contributed by atoms with Gasteiger partial charge in [0.05, 0.1) is 4.90 Å². The lowest BCUT2D eigenvalue weighted by Crippen LogP contribution is -2.26. The maximum atomic E-state index is 12.8. The van der Waals surface area contributed by atoms with Crippen LogP contribution in [-0.4, -0.2) is 36.0 Å². The second-order valence-electron chi connectivity index (χ2n) is 4.26. The molecule has 0 bridgehead atoms. The van der Waals surface area contributed by atoms with Crippen molar-refractivity contribution >= 4 is 21.8 Å². The third-order valence-corrected chi connectivity index (χ3v) is 5.07. The molecule has 2 aromatic rings. The number of aromatic nitrogens is 3. The molecule has 0 aliphatic rings. The summed E-state index contributed by atoms with van der Waals surface area (Å²) in [6.45, 7) is 0.195. The van der Waals surface area contributed by atoms with Crippen LogP contribution in [0.2, 0.25) is 0 Å². The molecule has 0 saturated carbocycles. The van der Waals surface area contributed by atoms with Gasteiger partial charge in [-0.15, -0.1) is 10.2 Å². The molecule has 0 amide bonds. The van der Waals surface area contributed by atoms with Crippen molar-refractivity contribution in [3.63, 3.8) is 0 Å². The molecule has 114 valence electrons. The van der Waals surface area contributed by atoms with Gasteiger partial charge in [0, 0.05) is 20.0 Å². The van der Waals surface area contributed by atoms with Gasteiger partial charge in [-0.2, -0.15) is 0 Å². The first kappa shape index (κ1) is 15.9. The second-order valence-corrected chi connectivity index (χ2v) is 6.80. The molecule has 1 aromatic heterocycles. The minimum absolute atomic E-state index is 0.0340. The molecule has 0 aliphatic carbocycles. The Hall–Kier alpha value is -1.45. The van der Waals surface area contributed by atoms with Gasteiger partial charge < -0.3 is 4.57 Å². The Morgan fingerprint density at radius 3 is 2.52 bits per heavy atom. The van der Waals surface area contributed by atoms with Crippen LogP contribution in [0.25, 0.3) is 0 Å². The monoisotopic (exact) mass is 330 g/mol. The molecule has 9 heteroatoms. The summed E-state index contributed by atoms with van der Waals surface area (Å²) in [4.78, 5) is 0.0340. The molecule has 1 N–H and O–H groups in total. The van der Waals surface area contributed by atoms with E-state index in [0.717, 1.165) is 17.3 Å². The molecule has 2 rings (SSSR count). The minimum atomic E-state index is -3.64. The van der Waals surface area contributed by atoms with Crippen molar-refractivity contribution in [2.45, 2.75) is 16.5 Å². The molecule has 6 nitrogen and oxygen atoms in total. The van der Waals surface area contributed by atoms with Crippen LogP contribution < -0.4 is 4.72 Å². The predicted molar refractivity (Wildman–Crippen MR) is 78.1 cm³/mol. The summed E-state index contributed by atoms with van der Waals surface area (Å²) < 4.78 is 41.1. The van der Waals surface area contributed by atoms with E-state index >= 15 is 0 Å². The molecule has 0 saturated heterocycles. The second kappa shape index (κ2) is 6.54. The lowest BCUT2D eigenvalue weighted by Gasteiger charge is -2.06. The van der Waals surface area contributed by atoms with E-state index in [-0.39, 0.29) is 11.4 Å². The van der Waals surface area contributed by atoms with E-state index in [4.69, 9.17) is 0 Å². The van der Waals surface area contributed by atoms with Gasteiger partial charge in [0.1, 0.15) is 11.6 Å². The maximum Gasteiger partial charge on any atom is 0.240 e. The average molecular weight is 330 g/mol. The Balaban J connectivity index is 1.99. The van der Waals surface area contributed by atoms with Crippen molar-refractivity contribution in [1.82, 2.24) is 19.5 Å². The fourth-order valence-corrected chi connectivity index (χ4v) is 3.27. The van der Waals surface area contributed by atoms with Crippen LogP contribution in [0.4, 0.5) is 4.39 Å². The average Bonchev–Trinajstić information content (AvgIpc) is 2.80. The van der Waals surface area contributed by atoms with E-state index in [2.05, 4.69) is 14.9 Å². The number of nitrogens with one attached hydrogen (secondary N) is 1. The first-order valence-corrected chi connectivity index (χ1v) is 8.82. The number of thioether (sulfide) groups is 1. The molecular weight excluding hydrogens is 315 g/mol. The van der Waals surface area contributed by atoms with Crippen molar-refractivity contribution in [2.24, 2.45) is 7.05 Å². The number of hydrogen-bond donors (Lipinski definition) is 1. The number of rotatable bonds is 6. The first-order chi connectivity index (χ1) is 9.94. The van der Waals surface area contributed by atoms with Gasteiger partial charge in [-0.05, 0) is 30.5 Å². The SMILES string of the molecule is CSc1nnc(CCNS(=O)(=O)c2ccc(F)cc2)n1C. The zero-order valence-corrected chi connectivity index (χ0v) is 13.2. The summed E-state index contributed by atoms with van der Waals surface area (Å²) >= 11 is 1.47. The van der Waals surface area contributed by atoms with Crippen molar-refractivity contribution < 1.29 is 12.8 Å². The first-order valence-electron chi connectivity index (χ1n) is 6.11. The number of nitrogens with zero attached hydrogens (tertiary/aromatic N) is 3. The van der Waals surface area contributed by atoms with Crippen LogP contribution in [0.5, 0.6) is 0 Å². The summed E-state index contributed by atoms with van der Waals surface area (Å²) in [5.74, 6) is 0.221. The van der Waals surface area contributed by atoms with Crippen molar-refractivity contribution in [1.29, 1.82) is 0 Å². The van der Waals surface area contributed by atoms with Crippen molar-refractivity contribution in [2.75, 3.05) is 12.8 Å². The zero-order chi connectivity index (χ0) is 15.5. The Morgan fingerprint density at radius 2 is 1.95 bits per heavy atom. The van der Waals surface area contributed by atoms with Gasteiger partial charge >= 0.3 is 0 Å². The highest BCUT2D eigenvalue weighted by atomic mass is 32.2. The van der Waals surface area contributed by atoms with E-state index in [1.807, 2.05) is 17.9 Å². The predicted octanol–water partition coefficient (Wildman–Crippen LogP) is 1.20. The van der Waals surface area contributed by atoms with Crippen LogP contribution in [0.1, 0.15) is 5.82 Å². The summed E-state index contributed by atoms with van der Waals surface area (Å²) in [5, 5.41) is 8.74. The van der Waals surface area contributed by atoms with Gasteiger partial charge in [-0.3, -0.25) is 0 Å². The number of sulfonamides is 1. The van der Waals surface area contributed by atoms with Gasteiger partial charge in [-0.1, -0.05) is 11.8 Å². The van der Waals surface area contributed by atoms with Crippen molar-refractivity contribution in [3.05, 3.63) is 35.9 Å². The minimum Gasteiger partial charge on any atom is -0.309 e. The lowest BCUT2D eigenvalue weighted by atomic mass is 10.4. The summed E-state index contributed by atoms with van der Waals surface area (Å²) in [6.07, 6.45) is 2.32.